The highest BCUT2D eigenvalue weighted by Crippen LogP contribution is 2.33. The van der Waals surface area contributed by atoms with Gasteiger partial charge in [-0.2, -0.15) is 11.8 Å². The van der Waals surface area contributed by atoms with E-state index in [4.69, 9.17) is 0 Å². The van der Waals surface area contributed by atoms with Crippen LogP contribution in [0, 0.1) is 5.41 Å². The third kappa shape index (κ3) is 6.81. The van der Waals surface area contributed by atoms with Gasteiger partial charge in [-0.1, -0.05) is 42.6 Å². The molecule has 0 fully saturated rings. The Bertz CT molecular complexity index is 193. The van der Waals surface area contributed by atoms with Crippen LogP contribution in [0.25, 0.3) is 0 Å². The van der Waals surface area contributed by atoms with Crippen molar-refractivity contribution in [1.29, 1.82) is 0 Å². The maximum absolute atomic E-state index is 3.77. The molecule has 0 aliphatic carbocycles. The average Bonchev–Trinajstić information content (AvgIpc) is 2.36. The van der Waals surface area contributed by atoms with E-state index in [1.807, 2.05) is 11.8 Å². The molecule has 0 saturated carbocycles. The molecule has 0 N–H and O–H groups in total. The molecule has 0 aliphatic heterocycles. The van der Waals surface area contributed by atoms with Crippen LogP contribution >= 0.6 is 27.7 Å². The van der Waals surface area contributed by atoms with Gasteiger partial charge in [-0.15, -0.1) is 0 Å². The lowest BCUT2D eigenvalue weighted by Gasteiger charge is -2.38. The zero-order chi connectivity index (χ0) is 14.0. The van der Waals surface area contributed by atoms with Crippen LogP contribution in [-0.4, -0.2) is 41.9 Å². The molecule has 18 heavy (non-hydrogen) atoms. The van der Waals surface area contributed by atoms with Gasteiger partial charge in [0.1, 0.15) is 0 Å². The molecular formula is C15H32BrNS. The van der Waals surface area contributed by atoms with Crippen LogP contribution < -0.4 is 0 Å². The molecule has 0 aromatic carbocycles. The average molecular weight is 338 g/mol. The molecule has 1 nitrogen and oxygen atoms in total. The molecule has 1 unspecified atom stereocenters. The molecule has 110 valence electrons. The molecule has 3 heteroatoms. The lowest BCUT2D eigenvalue weighted by molar-refractivity contribution is 0.138. The number of hydrogen-bond donors (Lipinski definition) is 0. The van der Waals surface area contributed by atoms with Crippen molar-refractivity contribution in [3.63, 3.8) is 0 Å². The van der Waals surface area contributed by atoms with Crippen LogP contribution in [0.1, 0.15) is 52.9 Å². The van der Waals surface area contributed by atoms with Gasteiger partial charge in [0.2, 0.25) is 0 Å². The van der Waals surface area contributed by atoms with Gasteiger partial charge in [0, 0.05) is 17.9 Å². The molecule has 0 aromatic heterocycles. The van der Waals surface area contributed by atoms with Crippen LogP contribution in [0.3, 0.4) is 0 Å². The summed E-state index contributed by atoms with van der Waals surface area (Å²) in [6, 6.07) is 0.699. The van der Waals surface area contributed by atoms with Gasteiger partial charge in [0.15, 0.2) is 0 Å². The predicted octanol–water partition coefficient (Wildman–Crippen LogP) is 5.04. The van der Waals surface area contributed by atoms with E-state index in [1.165, 1.54) is 44.4 Å². The quantitative estimate of drug-likeness (QED) is 0.486. The van der Waals surface area contributed by atoms with Crippen molar-refractivity contribution in [2.75, 3.05) is 30.9 Å². The second kappa shape index (κ2) is 10.6. The minimum Gasteiger partial charge on any atom is -0.303 e. The van der Waals surface area contributed by atoms with Gasteiger partial charge in [-0.3, -0.25) is 0 Å². The standard InChI is InChI=1S/C15H32BrNS/c1-6-9-15(12-16,10-7-2)13-17(4)14(3)8-11-18-5/h14H,6-13H2,1-5H3. The molecule has 0 heterocycles. The SMILES string of the molecule is CCCC(CBr)(CCC)CN(C)C(C)CCSC. The minimum atomic E-state index is 0.478. The molecule has 0 spiro atoms. The summed E-state index contributed by atoms with van der Waals surface area (Å²) in [6.45, 7) is 8.22. The van der Waals surface area contributed by atoms with Gasteiger partial charge in [0.05, 0.1) is 0 Å². The van der Waals surface area contributed by atoms with E-state index >= 15 is 0 Å². The summed E-state index contributed by atoms with van der Waals surface area (Å²) in [5.74, 6) is 1.27. The van der Waals surface area contributed by atoms with Crippen LogP contribution in [0.2, 0.25) is 0 Å². The van der Waals surface area contributed by atoms with E-state index in [1.54, 1.807) is 0 Å². The Morgan fingerprint density at radius 3 is 2.17 bits per heavy atom. The van der Waals surface area contributed by atoms with Crippen LogP contribution in [-0.2, 0) is 0 Å². The van der Waals surface area contributed by atoms with Crippen LogP contribution in [0.5, 0.6) is 0 Å². The summed E-state index contributed by atoms with van der Waals surface area (Å²) in [5.41, 5.74) is 0.478. The van der Waals surface area contributed by atoms with Gasteiger partial charge in [0.25, 0.3) is 0 Å². The summed E-state index contributed by atoms with van der Waals surface area (Å²) in [6.07, 6.45) is 8.76. The van der Waals surface area contributed by atoms with Crippen molar-refractivity contribution in [1.82, 2.24) is 4.90 Å². The molecule has 0 rings (SSSR count). The number of thioether (sulfide) groups is 1. The summed E-state index contributed by atoms with van der Waals surface area (Å²) in [4.78, 5) is 2.57. The number of nitrogens with zero attached hydrogens (tertiary/aromatic N) is 1. The Morgan fingerprint density at radius 2 is 1.78 bits per heavy atom. The highest BCUT2D eigenvalue weighted by atomic mass is 79.9. The molecule has 0 aliphatic rings. The third-order valence-corrected chi connectivity index (χ3v) is 5.75. The summed E-state index contributed by atoms with van der Waals surface area (Å²) in [5, 5.41) is 1.14. The highest BCUT2D eigenvalue weighted by molar-refractivity contribution is 9.09. The maximum Gasteiger partial charge on any atom is 0.0100 e. The van der Waals surface area contributed by atoms with Crippen molar-refractivity contribution >= 4 is 27.7 Å². The fourth-order valence-electron chi connectivity index (χ4n) is 2.71. The van der Waals surface area contributed by atoms with Crippen molar-refractivity contribution in [2.24, 2.45) is 5.41 Å². The molecule has 0 aromatic rings. The van der Waals surface area contributed by atoms with Gasteiger partial charge < -0.3 is 4.90 Å². The molecule has 0 saturated heterocycles. The normalized spacial score (nSPS) is 14.2. The number of alkyl halides is 1. The Morgan fingerprint density at radius 1 is 1.22 bits per heavy atom. The van der Waals surface area contributed by atoms with E-state index in [0.717, 1.165) is 5.33 Å². The summed E-state index contributed by atoms with van der Waals surface area (Å²) < 4.78 is 0. The first-order valence-corrected chi connectivity index (χ1v) is 9.82. The summed E-state index contributed by atoms with van der Waals surface area (Å²) in [7, 11) is 2.30. The largest absolute Gasteiger partial charge is 0.303 e. The van der Waals surface area contributed by atoms with Crippen molar-refractivity contribution in [3.8, 4) is 0 Å². The molecule has 0 radical (unpaired) electrons. The second-order valence-corrected chi connectivity index (χ2v) is 7.23. The lowest BCUT2D eigenvalue weighted by atomic mass is 9.80. The van der Waals surface area contributed by atoms with Crippen molar-refractivity contribution in [3.05, 3.63) is 0 Å². The van der Waals surface area contributed by atoms with Gasteiger partial charge in [-0.25, -0.2) is 0 Å². The predicted molar refractivity (Wildman–Crippen MR) is 91.1 cm³/mol. The first-order chi connectivity index (χ1) is 8.55. The Labute approximate surface area is 128 Å². The summed E-state index contributed by atoms with van der Waals surface area (Å²) >= 11 is 5.73. The lowest BCUT2D eigenvalue weighted by Crippen LogP contribution is -2.41. The first-order valence-electron chi connectivity index (χ1n) is 7.30. The Hall–Kier alpha value is 0.790. The Kier molecular flexibility index (Phi) is 11.0. The third-order valence-electron chi connectivity index (χ3n) is 3.92. The van der Waals surface area contributed by atoms with Gasteiger partial charge in [-0.05, 0) is 50.7 Å². The fourth-order valence-corrected chi connectivity index (χ4v) is 4.03. The maximum atomic E-state index is 3.77. The number of rotatable bonds is 11. The van der Waals surface area contributed by atoms with Crippen LogP contribution in [0.4, 0.5) is 0 Å². The van der Waals surface area contributed by atoms with Crippen molar-refractivity contribution < 1.29 is 0 Å². The number of hydrogen-bond acceptors (Lipinski definition) is 2. The molecule has 1 atom stereocenters. The minimum absolute atomic E-state index is 0.478. The first kappa shape index (κ1) is 18.8. The van der Waals surface area contributed by atoms with E-state index in [9.17, 15) is 0 Å². The number of halogens is 1. The zero-order valence-corrected chi connectivity index (χ0v) is 15.4. The zero-order valence-electron chi connectivity index (χ0n) is 13.0. The second-order valence-electron chi connectivity index (χ2n) is 5.68. The van der Waals surface area contributed by atoms with E-state index in [2.05, 4.69) is 54.9 Å². The monoisotopic (exact) mass is 337 g/mol. The van der Waals surface area contributed by atoms with Crippen LogP contribution in [0.15, 0.2) is 0 Å². The Balaban J connectivity index is 4.44. The smallest absolute Gasteiger partial charge is 0.0100 e. The van der Waals surface area contributed by atoms with E-state index in [0.29, 0.717) is 11.5 Å². The highest BCUT2D eigenvalue weighted by Gasteiger charge is 2.29. The molecular weight excluding hydrogens is 306 g/mol. The van der Waals surface area contributed by atoms with Crippen molar-refractivity contribution in [2.45, 2.75) is 58.9 Å². The van der Waals surface area contributed by atoms with E-state index < -0.39 is 0 Å². The molecule has 0 amide bonds. The van der Waals surface area contributed by atoms with E-state index in [-0.39, 0.29) is 0 Å². The molecule has 0 bridgehead atoms. The fraction of sp³-hybridized carbons (Fsp3) is 1.00. The topological polar surface area (TPSA) is 3.24 Å². The van der Waals surface area contributed by atoms with Gasteiger partial charge >= 0.3 is 0 Å².